The Morgan fingerprint density at radius 3 is 1.42 bits per heavy atom. The minimum Gasteiger partial charge on any atom is -0.394 e. The lowest BCUT2D eigenvalue weighted by Gasteiger charge is -2.40. The Balaban J connectivity index is 2.38. The molecule has 0 saturated carbocycles. The Bertz CT molecular complexity index is 921. The topological polar surface area (TPSA) is 169 Å². The maximum absolute atomic E-state index is 13.1. The van der Waals surface area contributed by atoms with Crippen LogP contribution in [-0.4, -0.2) is 98.7 Å². The molecule has 1 amide bonds. The average Bonchev–Trinajstić information content (AvgIpc) is 3.21. The molecule has 1 rings (SSSR count). The fraction of sp³-hybridized carbons (Fsp3) is 0.936. The van der Waals surface area contributed by atoms with Gasteiger partial charge in [0.2, 0.25) is 5.91 Å². The van der Waals surface area contributed by atoms with E-state index in [0.29, 0.717) is 19.3 Å². The van der Waals surface area contributed by atoms with E-state index >= 15 is 0 Å². The second-order valence-corrected chi connectivity index (χ2v) is 17.0. The van der Waals surface area contributed by atoms with Gasteiger partial charge in [-0.2, -0.15) is 0 Å². The van der Waals surface area contributed by atoms with Gasteiger partial charge in [0.15, 0.2) is 6.29 Å². The summed E-state index contributed by atoms with van der Waals surface area (Å²) < 4.78 is 11.2. The number of nitrogens with one attached hydrogen (secondary N) is 1. The number of hydrogen-bond acceptors (Lipinski definition) is 9. The maximum Gasteiger partial charge on any atom is 0.249 e. The summed E-state index contributed by atoms with van der Waals surface area (Å²) in [6, 6.07) is -0.895. The van der Waals surface area contributed by atoms with E-state index < -0.39 is 61.5 Å². The fourth-order valence-corrected chi connectivity index (χ4v) is 7.75. The van der Waals surface area contributed by atoms with Gasteiger partial charge in [-0.1, -0.05) is 193 Å². The van der Waals surface area contributed by atoms with Crippen LogP contribution in [0.3, 0.4) is 0 Å². The molecule has 7 N–H and O–H groups in total. The molecular weight excluding hydrogens is 723 g/mol. The summed E-state index contributed by atoms with van der Waals surface area (Å²) in [6.45, 7) is 3.67. The Hall–Kier alpha value is -1.11. The van der Waals surface area contributed by atoms with Crippen LogP contribution in [0.2, 0.25) is 0 Å². The molecule has 10 heteroatoms. The quantitative estimate of drug-likeness (QED) is 0.0236. The van der Waals surface area contributed by atoms with Crippen molar-refractivity contribution in [1.82, 2.24) is 5.32 Å². The number of carbonyl (C=O) groups excluding carboxylic acids is 1. The molecule has 338 valence electrons. The van der Waals surface area contributed by atoms with E-state index in [2.05, 4.69) is 31.3 Å². The molecule has 0 aromatic heterocycles. The van der Waals surface area contributed by atoms with Crippen molar-refractivity contribution in [2.45, 2.75) is 268 Å². The first kappa shape index (κ1) is 53.9. The fourth-order valence-electron chi connectivity index (χ4n) is 7.75. The van der Waals surface area contributed by atoms with Crippen LogP contribution in [-0.2, 0) is 14.3 Å². The molecule has 8 atom stereocenters. The number of aliphatic hydroxyl groups excluding tert-OH is 6. The summed E-state index contributed by atoms with van der Waals surface area (Å²) in [5, 5.41) is 64.9. The summed E-state index contributed by atoms with van der Waals surface area (Å²) >= 11 is 0. The first-order chi connectivity index (χ1) is 27.8. The zero-order valence-electron chi connectivity index (χ0n) is 36.7. The summed E-state index contributed by atoms with van der Waals surface area (Å²) in [4.78, 5) is 13.1. The Morgan fingerprint density at radius 2 is 0.982 bits per heavy atom. The predicted molar refractivity (Wildman–Crippen MR) is 232 cm³/mol. The minimum atomic E-state index is -1.60. The van der Waals surface area contributed by atoms with Gasteiger partial charge in [0.05, 0.1) is 25.4 Å². The van der Waals surface area contributed by atoms with E-state index in [0.717, 1.165) is 57.8 Å². The Morgan fingerprint density at radius 1 is 0.579 bits per heavy atom. The molecule has 1 fully saturated rings. The highest BCUT2D eigenvalue weighted by atomic mass is 16.7. The van der Waals surface area contributed by atoms with Crippen LogP contribution < -0.4 is 5.32 Å². The van der Waals surface area contributed by atoms with E-state index in [9.17, 15) is 35.4 Å². The molecular formula is C47H91NO9. The normalized spacial score (nSPS) is 21.6. The lowest BCUT2D eigenvalue weighted by molar-refractivity contribution is -0.302. The average molecular weight is 814 g/mol. The Kier molecular flexibility index (Phi) is 35.8. The van der Waals surface area contributed by atoms with Crippen molar-refractivity contribution in [3.8, 4) is 0 Å². The molecule has 0 bridgehead atoms. The van der Waals surface area contributed by atoms with Gasteiger partial charge in [-0.05, 0) is 38.5 Å². The van der Waals surface area contributed by atoms with Crippen LogP contribution in [0.15, 0.2) is 12.2 Å². The van der Waals surface area contributed by atoms with Crippen molar-refractivity contribution >= 4 is 5.91 Å². The SMILES string of the molecule is CCCCCCCCC/C=C\CCCCCCC(O)C(=O)NC(COC1OC(CO)C(O)C(O)C1O)C(O)CCCCCCCCCCCCCCCCCCC. The molecule has 1 aliphatic heterocycles. The lowest BCUT2D eigenvalue weighted by Crippen LogP contribution is -2.60. The number of carbonyl (C=O) groups is 1. The minimum absolute atomic E-state index is 0.256. The standard InChI is InChI=1S/C47H91NO9/c1-3-5-7-9-11-13-15-17-19-20-22-23-25-27-29-31-33-35-40(50)39(38-56-47-45(54)44(53)43(52)42(37-49)57-47)48-46(55)41(51)36-34-32-30-28-26-24-21-18-16-14-12-10-8-6-4-2/h21,24,39-45,47,49-54H,3-20,22-23,25-38H2,1-2H3,(H,48,55)/b24-21-. The highest BCUT2D eigenvalue weighted by Crippen LogP contribution is 2.23. The molecule has 57 heavy (non-hydrogen) atoms. The van der Waals surface area contributed by atoms with E-state index in [4.69, 9.17) is 9.47 Å². The number of amides is 1. The highest BCUT2D eigenvalue weighted by molar-refractivity contribution is 5.80. The van der Waals surface area contributed by atoms with Crippen LogP contribution in [0, 0.1) is 0 Å². The zero-order chi connectivity index (χ0) is 41.8. The van der Waals surface area contributed by atoms with Crippen LogP contribution in [0.1, 0.15) is 219 Å². The van der Waals surface area contributed by atoms with Crippen LogP contribution in [0.5, 0.6) is 0 Å². The zero-order valence-corrected chi connectivity index (χ0v) is 36.7. The number of allylic oxidation sites excluding steroid dienone is 2. The first-order valence-corrected chi connectivity index (χ1v) is 24.0. The van der Waals surface area contributed by atoms with Crippen LogP contribution in [0.25, 0.3) is 0 Å². The van der Waals surface area contributed by atoms with E-state index in [1.54, 1.807) is 0 Å². The summed E-state index contributed by atoms with van der Waals surface area (Å²) in [7, 11) is 0. The monoisotopic (exact) mass is 814 g/mol. The highest BCUT2D eigenvalue weighted by Gasteiger charge is 2.44. The molecule has 0 radical (unpaired) electrons. The van der Waals surface area contributed by atoms with Crippen LogP contribution >= 0.6 is 0 Å². The van der Waals surface area contributed by atoms with Gasteiger partial charge in [-0.15, -0.1) is 0 Å². The van der Waals surface area contributed by atoms with Crippen molar-refractivity contribution in [2.75, 3.05) is 13.2 Å². The number of ether oxygens (including phenoxy) is 2. The maximum atomic E-state index is 13.1. The van der Waals surface area contributed by atoms with Crippen LogP contribution in [0.4, 0.5) is 0 Å². The second-order valence-electron chi connectivity index (χ2n) is 17.0. The van der Waals surface area contributed by atoms with Gasteiger partial charge >= 0.3 is 0 Å². The van der Waals surface area contributed by atoms with Crippen molar-refractivity contribution < 1.29 is 44.9 Å². The predicted octanol–water partition coefficient (Wildman–Crippen LogP) is 9.09. The molecule has 0 aliphatic carbocycles. The smallest absolute Gasteiger partial charge is 0.249 e. The van der Waals surface area contributed by atoms with Crippen molar-refractivity contribution in [3.63, 3.8) is 0 Å². The molecule has 8 unspecified atom stereocenters. The lowest BCUT2D eigenvalue weighted by atomic mass is 9.99. The molecule has 1 saturated heterocycles. The number of aliphatic hydroxyl groups is 6. The Labute approximate surface area is 349 Å². The molecule has 0 spiro atoms. The summed E-state index contributed by atoms with van der Waals surface area (Å²) in [5.41, 5.74) is 0. The third-order valence-corrected chi connectivity index (χ3v) is 11.7. The molecule has 10 nitrogen and oxygen atoms in total. The number of rotatable bonds is 40. The molecule has 1 heterocycles. The van der Waals surface area contributed by atoms with Gasteiger partial charge in [0.1, 0.15) is 30.5 Å². The summed E-state index contributed by atoms with van der Waals surface area (Å²) in [6.07, 6.45) is 32.5. The molecule has 1 aliphatic rings. The van der Waals surface area contributed by atoms with Gasteiger partial charge in [-0.3, -0.25) is 4.79 Å². The van der Waals surface area contributed by atoms with E-state index in [-0.39, 0.29) is 6.61 Å². The van der Waals surface area contributed by atoms with Gasteiger partial charge < -0.3 is 45.4 Å². The second kappa shape index (κ2) is 37.9. The third kappa shape index (κ3) is 28.1. The van der Waals surface area contributed by atoms with Gasteiger partial charge in [0, 0.05) is 0 Å². The van der Waals surface area contributed by atoms with Crippen molar-refractivity contribution in [2.24, 2.45) is 0 Å². The number of unbranched alkanes of at least 4 members (excludes halogenated alkanes) is 27. The van der Waals surface area contributed by atoms with E-state index in [1.165, 1.54) is 128 Å². The molecule has 0 aromatic carbocycles. The summed E-state index contributed by atoms with van der Waals surface area (Å²) in [5.74, 6) is -0.591. The number of hydrogen-bond donors (Lipinski definition) is 7. The molecule has 0 aromatic rings. The van der Waals surface area contributed by atoms with Gasteiger partial charge in [-0.25, -0.2) is 0 Å². The van der Waals surface area contributed by atoms with Crippen molar-refractivity contribution in [3.05, 3.63) is 12.2 Å². The van der Waals surface area contributed by atoms with E-state index in [1.807, 2.05) is 0 Å². The third-order valence-electron chi connectivity index (χ3n) is 11.7. The van der Waals surface area contributed by atoms with Gasteiger partial charge in [0.25, 0.3) is 0 Å². The largest absolute Gasteiger partial charge is 0.394 e. The van der Waals surface area contributed by atoms with Crippen molar-refractivity contribution in [1.29, 1.82) is 0 Å². The first-order valence-electron chi connectivity index (χ1n) is 24.0.